The Morgan fingerprint density at radius 2 is 2.30 bits per heavy atom. The van der Waals surface area contributed by atoms with Crippen molar-refractivity contribution in [1.29, 1.82) is 0 Å². The first-order chi connectivity index (χ1) is 11.1. The summed E-state index contributed by atoms with van der Waals surface area (Å²) in [7, 11) is 0. The average molecular weight is 317 g/mol. The fourth-order valence-electron chi connectivity index (χ4n) is 3.18. The minimum absolute atomic E-state index is 0.104. The maximum absolute atomic E-state index is 12.3. The van der Waals surface area contributed by atoms with Crippen molar-refractivity contribution >= 4 is 16.9 Å². The van der Waals surface area contributed by atoms with E-state index in [2.05, 4.69) is 5.32 Å². The molecule has 1 saturated carbocycles. The molecule has 5 heteroatoms. The predicted molar refractivity (Wildman–Crippen MR) is 87.3 cm³/mol. The van der Waals surface area contributed by atoms with Crippen LogP contribution in [0.4, 0.5) is 0 Å². The van der Waals surface area contributed by atoms with Crippen molar-refractivity contribution in [1.82, 2.24) is 5.32 Å². The van der Waals surface area contributed by atoms with Gasteiger partial charge in [-0.05, 0) is 45.2 Å². The number of amides is 1. The van der Waals surface area contributed by atoms with Crippen LogP contribution in [-0.2, 0) is 4.79 Å². The third kappa shape index (κ3) is 3.20. The summed E-state index contributed by atoms with van der Waals surface area (Å²) < 4.78 is 11.5. The molecule has 0 bridgehead atoms. The van der Waals surface area contributed by atoms with Crippen LogP contribution in [0.15, 0.2) is 28.7 Å². The van der Waals surface area contributed by atoms with Gasteiger partial charge in [-0.3, -0.25) is 4.79 Å². The monoisotopic (exact) mass is 317 g/mol. The molecule has 23 heavy (non-hydrogen) atoms. The average Bonchev–Trinajstić information content (AvgIpc) is 3.14. The topological polar surface area (TPSA) is 71.7 Å². The van der Waals surface area contributed by atoms with Gasteiger partial charge >= 0.3 is 0 Å². The number of carbonyl (C=O) groups excluding carboxylic acids is 1. The Balaban J connectivity index is 1.77. The number of aliphatic hydroxyl groups excluding tert-OH is 1. The number of carbonyl (C=O) groups is 1. The highest BCUT2D eigenvalue weighted by atomic mass is 16.5. The molecule has 0 saturated heterocycles. The number of fused-ring (bicyclic) bond motifs is 1. The molecule has 2 aromatic rings. The number of rotatable bonds is 5. The summed E-state index contributed by atoms with van der Waals surface area (Å²) in [4.78, 5) is 12.3. The summed E-state index contributed by atoms with van der Waals surface area (Å²) in [6, 6.07) is 7.42. The zero-order valence-electron chi connectivity index (χ0n) is 13.5. The molecule has 1 aromatic heterocycles. The molecule has 1 aromatic carbocycles. The second-order valence-corrected chi connectivity index (χ2v) is 6.09. The maximum Gasteiger partial charge on any atom is 0.226 e. The van der Waals surface area contributed by atoms with Gasteiger partial charge < -0.3 is 19.6 Å². The number of nitrogens with one attached hydrogen (secondary N) is 1. The van der Waals surface area contributed by atoms with Crippen molar-refractivity contribution < 1.29 is 19.1 Å². The molecule has 3 atom stereocenters. The third-order valence-corrected chi connectivity index (χ3v) is 4.43. The first-order valence-corrected chi connectivity index (χ1v) is 8.24. The quantitative estimate of drug-likeness (QED) is 0.888. The van der Waals surface area contributed by atoms with Crippen LogP contribution >= 0.6 is 0 Å². The molecule has 5 nitrogen and oxygen atoms in total. The van der Waals surface area contributed by atoms with Gasteiger partial charge in [0.1, 0.15) is 5.76 Å². The summed E-state index contributed by atoms with van der Waals surface area (Å²) in [6.45, 7) is 4.39. The van der Waals surface area contributed by atoms with Gasteiger partial charge in [-0.2, -0.15) is 0 Å². The van der Waals surface area contributed by atoms with Crippen molar-refractivity contribution in [3.63, 3.8) is 0 Å². The number of furan rings is 1. The van der Waals surface area contributed by atoms with Gasteiger partial charge in [0.05, 0.1) is 24.7 Å². The zero-order valence-corrected chi connectivity index (χ0v) is 13.5. The van der Waals surface area contributed by atoms with Crippen molar-refractivity contribution in [2.24, 2.45) is 5.92 Å². The van der Waals surface area contributed by atoms with Crippen LogP contribution in [0.1, 0.15) is 44.9 Å². The van der Waals surface area contributed by atoms with E-state index in [1.54, 1.807) is 0 Å². The largest absolute Gasteiger partial charge is 0.490 e. The summed E-state index contributed by atoms with van der Waals surface area (Å²) in [5.74, 6) is 0.989. The molecule has 1 heterocycles. The van der Waals surface area contributed by atoms with Crippen LogP contribution in [0.5, 0.6) is 5.75 Å². The van der Waals surface area contributed by atoms with Crippen molar-refractivity contribution in [3.05, 3.63) is 30.0 Å². The molecule has 124 valence electrons. The summed E-state index contributed by atoms with van der Waals surface area (Å²) in [5, 5.41) is 13.8. The predicted octanol–water partition coefficient (Wildman–Crippen LogP) is 3.17. The fraction of sp³-hybridized carbons (Fsp3) is 0.500. The molecule has 1 fully saturated rings. The van der Waals surface area contributed by atoms with Crippen molar-refractivity contribution in [2.45, 2.75) is 45.3 Å². The summed E-state index contributed by atoms with van der Waals surface area (Å²) in [6.07, 6.45) is 1.82. The molecular formula is C18H23NO4. The van der Waals surface area contributed by atoms with Crippen LogP contribution < -0.4 is 10.1 Å². The minimum Gasteiger partial charge on any atom is -0.490 e. The number of benzene rings is 1. The Morgan fingerprint density at radius 1 is 1.48 bits per heavy atom. The highest BCUT2D eigenvalue weighted by Gasteiger charge is 2.32. The van der Waals surface area contributed by atoms with Gasteiger partial charge in [0.15, 0.2) is 11.3 Å². The molecule has 2 N–H and O–H groups in total. The Hall–Kier alpha value is -2.01. The highest BCUT2D eigenvalue weighted by Crippen LogP contribution is 2.32. The fourth-order valence-corrected chi connectivity index (χ4v) is 3.18. The van der Waals surface area contributed by atoms with E-state index in [9.17, 15) is 9.90 Å². The Bertz CT molecular complexity index is 693. The number of hydrogen-bond donors (Lipinski definition) is 2. The molecule has 3 unspecified atom stereocenters. The lowest BCUT2D eigenvalue weighted by Crippen LogP contribution is -2.36. The normalized spacial score (nSPS) is 22.2. The molecular weight excluding hydrogens is 294 g/mol. The summed E-state index contributed by atoms with van der Waals surface area (Å²) in [5.41, 5.74) is 0.700. The van der Waals surface area contributed by atoms with Gasteiger partial charge in [-0.15, -0.1) is 0 Å². The number of aliphatic hydroxyl groups is 1. The molecule has 1 aliphatic carbocycles. The van der Waals surface area contributed by atoms with Gasteiger partial charge in [-0.25, -0.2) is 0 Å². The smallest absolute Gasteiger partial charge is 0.226 e. The van der Waals surface area contributed by atoms with Gasteiger partial charge in [0, 0.05) is 5.39 Å². The third-order valence-electron chi connectivity index (χ3n) is 4.43. The van der Waals surface area contributed by atoms with E-state index in [0.29, 0.717) is 30.1 Å². The van der Waals surface area contributed by atoms with Crippen molar-refractivity contribution in [2.75, 3.05) is 6.61 Å². The second kappa shape index (κ2) is 6.62. The van der Waals surface area contributed by atoms with Gasteiger partial charge in [-0.1, -0.05) is 12.1 Å². The molecule has 0 aliphatic heterocycles. The molecule has 1 aliphatic rings. The van der Waals surface area contributed by atoms with E-state index in [-0.39, 0.29) is 17.9 Å². The van der Waals surface area contributed by atoms with Gasteiger partial charge in [0.2, 0.25) is 5.91 Å². The second-order valence-electron chi connectivity index (χ2n) is 6.09. The number of ether oxygens (including phenoxy) is 1. The standard InChI is InChI=1S/C18H23NO4/c1-3-22-15-9-4-6-12-10-16(23-17(12)15)11(2)19-18(21)13-7-5-8-14(13)20/h4,6,9-11,13-14,20H,3,5,7-8H2,1-2H3,(H,19,21). The maximum atomic E-state index is 12.3. The summed E-state index contributed by atoms with van der Waals surface area (Å²) >= 11 is 0. The van der Waals surface area contributed by atoms with Gasteiger partial charge in [0.25, 0.3) is 0 Å². The molecule has 3 rings (SSSR count). The lowest BCUT2D eigenvalue weighted by Gasteiger charge is -2.17. The van der Waals surface area contributed by atoms with E-state index < -0.39 is 6.10 Å². The van der Waals surface area contributed by atoms with E-state index in [1.165, 1.54) is 0 Å². The molecule has 1 amide bonds. The van der Waals surface area contributed by atoms with Crippen LogP contribution in [0.3, 0.4) is 0 Å². The molecule has 0 radical (unpaired) electrons. The van der Waals surface area contributed by atoms with Crippen LogP contribution in [0.25, 0.3) is 11.0 Å². The van der Waals surface area contributed by atoms with E-state index >= 15 is 0 Å². The highest BCUT2D eigenvalue weighted by molar-refractivity contribution is 5.84. The number of para-hydroxylation sites is 1. The SMILES string of the molecule is CCOc1cccc2cc(C(C)NC(=O)C3CCCC3O)oc12. The zero-order chi connectivity index (χ0) is 16.4. The Kier molecular flexibility index (Phi) is 4.57. The van der Waals surface area contributed by atoms with Crippen LogP contribution in [0.2, 0.25) is 0 Å². The Morgan fingerprint density at radius 3 is 3.00 bits per heavy atom. The minimum atomic E-state index is -0.526. The first-order valence-electron chi connectivity index (χ1n) is 8.24. The van der Waals surface area contributed by atoms with E-state index in [1.807, 2.05) is 38.1 Å². The van der Waals surface area contributed by atoms with Crippen molar-refractivity contribution in [3.8, 4) is 5.75 Å². The Labute approximate surface area is 135 Å². The van der Waals surface area contributed by atoms with E-state index in [4.69, 9.17) is 9.15 Å². The molecule has 0 spiro atoms. The van der Waals surface area contributed by atoms with Crippen LogP contribution in [0, 0.1) is 5.92 Å². The lowest BCUT2D eigenvalue weighted by molar-refractivity contribution is -0.128. The first kappa shape index (κ1) is 15.9. The number of hydrogen-bond acceptors (Lipinski definition) is 4. The van der Waals surface area contributed by atoms with E-state index in [0.717, 1.165) is 18.2 Å². The lowest BCUT2D eigenvalue weighted by atomic mass is 10.0. The van der Waals surface area contributed by atoms with Crippen LogP contribution in [-0.4, -0.2) is 23.7 Å².